The monoisotopic (exact) mass is 347 g/mol. The van der Waals surface area contributed by atoms with E-state index < -0.39 is 9.84 Å². The number of benzene rings is 1. The topological polar surface area (TPSA) is 81.1 Å². The molecule has 3 rings (SSSR count). The van der Waals surface area contributed by atoms with Crippen LogP contribution < -0.4 is 5.32 Å². The molecule has 2 aromatic rings. The molecule has 1 N–H and O–H groups in total. The summed E-state index contributed by atoms with van der Waals surface area (Å²) in [7, 11) is -2.99. The maximum Gasteiger partial charge on any atom is 0.276 e. The van der Waals surface area contributed by atoms with Crippen LogP contribution in [-0.2, 0) is 9.84 Å². The van der Waals surface area contributed by atoms with Gasteiger partial charge in [-0.2, -0.15) is 5.10 Å². The van der Waals surface area contributed by atoms with Gasteiger partial charge in [0.1, 0.15) is 0 Å². The van der Waals surface area contributed by atoms with Crippen LogP contribution in [0.4, 0.5) is 5.69 Å². The van der Waals surface area contributed by atoms with E-state index in [2.05, 4.69) is 10.4 Å². The molecule has 1 atom stereocenters. The van der Waals surface area contributed by atoms with Gasteiger partial charge in [-0.25, -0.2) is 8.42 Å². The quantitative estimate of drug-likeness (QED) is 0.924. The van der Waals surface area contributed by atoms with Crippen molar-refractivity contribution in [2.75, 3.05) is 16.8 Å². The van der Waals surface area contributed by atoms with E-state index >= 15 is 0 Å². The Balaban J connectivity index is 1.82. The smallest absolute Gasteiger partial charge is 0.276 e. The van der Waals surface area contributed by atoms with Crippen molar-refractivity contribution in [1.29, 1.82) is 0 Å². The second kappa shape index (κ2) is 6.05. The van der Waals surface area contributed by atoms with E-state index in [9.17, 15) is 13.2 Å². The third-order valence-corrected chi connectivity index (χ3v) is 6.10. The van der Waals surface area contributed by atoms with Crippen LogP contribution in [0.1, 0.15) is 39.8 Å². The lowest BCUT2D eigenvalue weighted by molar-refractivity contribution is 0.102. The van der Waals surface area contributed by atoms with Crippen molar-refractivity contribution in [2.24, 2.45) is 0 Å². The van der Waals surface area contributed by atoms with Crippen LogP contribution in [0.3, 0.4) is 0 Å². The first-order chi connectivity index (χ1) is 11.2. The van der Waals surface area contributed by atoms with Crippen LogP contribution in [0.5, 0.6) is 0 Å². The number of hydrogen-bond donors (Lipinski definition) is 1. The fourth-order valence-corrected chi connectivity index (χ4v) is 4.69. The van der Waals surface area contributed by atoms with Crippen molar-refractivity contribution in [2.45, 2.75) is 33.2 Å². The Morgan fingerprint density at radius 3 is 2.67 bits per heavy atom. The van der Waals surface area contributed by atoms with Gasteiger partial charge in [-0.3, -0.25) is 9.48 Å². The average molecular weight is 347 g/mol. The van der Waals surface area contributed by atoms with Gasteiger partial charge in [0.15, 0.2) is 15.5 Å². The summed E-state index contributed by atoms with van der Waals surface area (Å²) in [6, 6.07) is 7.38. The number of nitrogens with one attached hydrogen (secondary N) is 1. The van der Waals surface area contributed by atoms with Gasteiger partial charge in [0, 0.05) is 11.4 Å². The van der Waals surface area contributed by atoms with Gasteiger partial charge in [-0.15, -0.1) is 0 Å². The first-order valence-electron chi connectivity index (χ1n) is 7.90. The van der Waals surface area contributed by atoms with Gasteiger partial charge in [0.05, 0.1) is 17.5 Å². The number of sulfone groups is 1. The van der Waals surface area contributed by atoms with Crippen LogP contribution in [-0.4, -0.2) is 35.6 Å². The van der Waals surface area contributed by atoms with E-state index in [1.807, 2.05) is 39.0 Å². The third kappa shape index (κ3) is 3.36. The molecule has 6 nitrogen and oxygen atoms in total. The lowest BCUT2D eigenvalue weighted by atomic mass is 10.1. The summed E-state index contributed by atoms with van der Waals surface area (Å²) in [5.41, 5.74) is 3.90. The third-order valence-electron chi connectivity index (χ3n) is 4.35. The number of hydrogen-bond acceptors (Lipinski definition) is 4. The minimum Gasteiger partial charge on any atom is -0.320 e. The van der Waals surface area contributed by atoms with E-state index in [1.54, 1.807) is 10.7 Å². The molecule has 0 bridgehead atoms. The van der Waals surface area contributed by atoms with Crippen LogP contribution in [0.25, 0.3) is 0 Å². The normalized spacial score (nSPS) is 19.4. The second-order valence-corrected chi connectivity index (χ2v) is 8.67. The Bertz CT molecular complexity index is 900. The molecular weight excluding hydrogens is 326 g/mol. The van der Waals surface area contributed by atoms with Crippen LogP contribution >= 0.6 is 0 Å². The highest BCUT2D eigenvalue weighted by molar-refractivity contribution is 7.91. The predicted octanol–water partition coefficient (Wildman–Crippen LogP) is 2.42. The van der Waals surface area contributed by atoms with E-state index in [0.717, 1.165) is 22.5 Å². The van der Waals surface area contributed by atoms with Gasteiger partial charge >= 0.3 is 0 Å². The van der Waals surface area contributed by atoms with Crippen LogP contribution in [0, 0.1) is 20.8 Å². The first kappa shape index (κ1) is 16.7. The molecule has 0 spiro atoms. The zero-order valence-corrected chi connectivity index (χ0v) is 14.9. The summed E-state index contributed by atoms with van der Waals surface area (Å²) in [6.45, 7) is 5.74. The Morgan fingerprint density at radius 2 is 2.00 bits per heavy atom. The molecular formula is C17H21N3O3S. The van der Waals surface area contributed by atoms with Crippen LogP contribution in [0.2, 0.25) is 0 Å². The fourth-order valence-electron chi connectivity index (χ4n) is 2.99. The fraction of sp³-hybridized carbons (Fsp3) is 0.412. The first-order valence-corrected chi connectivity index (χ1v) is 9.72. The van der Waals surface area contributed by atoms with Crippen molar-refractivity contribution < 1.29 is 13.2 Å². The highest BCUT2D eigenvalue weighted by Crippen LogP contribution is 2.25. The highest BCUT2D eigenvalue weighted by atomic mass is 32.2. The molecule has 7 heteroatoms. The molecule has 1 aliphatic heterocycles. The molecule has 1 saturated heterocycles. The lowest BCUT2D eigenvalue weighted by Gasteiger charge is -2.10. The summed E-state index contributed by atoms with van der Waals surface area (Å²) in [5, 5.41) is 7.23. The number of rotatable bonds is 3. The summed E-state index contributed by atoms with van der Waals surface area (Å²) < 4.78 is 25.0. The largest absolute Gasteiger partial charge is 0.320 e. The maximum absolute atomic E-state index is 12.5. The van der Waals surface area contributed by atoms with E-state index in [-0.39, 0.29) is 23.5 Å². The molecule has 24 heavy (non-hydrogen) atoms. The summed E-state index contributed by atoms with van der Waals surface area (Å²) >= 11 is 0. The molecule has 1 amide bonds. The Morgan fingerprint density at radius 1 is 1.25 bits per heavy atom. The van der Waals surface area contributed by atoms with Gasteiger partial charge in [0.25, 0.3) is 5.91 Å². The minimum absolute atomic E-state index is 0.0908. The summed E-state index contributed by atoms with van der Waals surface area (Å²) in [5.74, 6) is -0.0134. The maximum atomic E-state index is 12.5. The molecule has 128 valence electrons. The highest BCUT2D eigenvalue weighted by Gasteiger charge is 2.31. The Kier molecular flexibility index (Phi) is 4.21. The number of carbonyl (C=O) groups is 1. The standard InChI is InChI=1S/C17H21N3O3S/c1-11-4-5-12(2)15(8-11)18-17(21)16-9-13(3)20(19-16)14-6-7-24(22,23)10-14/h4-5,8-9,14H,6-7,10H2,1-3H3,(H,18,21). The van der Waals surface area contributed by atoms with Gasteiger partial charge in [-0.1, -0.05) is 12.1 Å². The van der Waals surface area contributed by atoms with Gasteiger partial charge < -0.3 is 5.32 Å². The number of aromatic nitrogens is 2. The van der Waals surface area contributed by atoms with E-state index in [1.165, 1.54) is 0 Å². The molecule has 1 unspecified atom stereocenters. The van der Waals surface area contributed by atoms with Crippen molar-refractivity contribution in [1.82, 2.24) is 9.78 Å². The zero-order valence-electron chi connectivity index (χ0n) is 14.0. The molecule has 0 aliphatic carbocycles. The number of aryl methyl sites for hydroxylation is 3. The summed E-state index contributed by atoms with van der Waals surface area (Å²) in [6.07, 6.45) is 0.545. The molecule has 2 heterocycles. The molecule has 1 aromatic carbocycles. The molecule has 1 fully saturated rings. The molecule has 1 aromatic heterocycles. The number of amides is 1. The number of nitrogens with zero attached hydrogens (tertiary/aromatic N) is 2. The zero-order chi connectivity index (χ0) is 17.5. The molecule has 0 saturated carbocycles. The number of anilines is 1. The van der Waals surface area contributed by atoms with E-state index in [4.69, 9.17) is 0 Å². The Hall–Kier alpha value is -2.15. The van der Waals surface area contributed by atoms with Crippen molar-refractivity contribution >= 4 is 21.4 Å². The molecule has 1 aliphatic rings. The van der Waals surface area contributed by atoms with Crippen molar-refractivity contribution in [3.05, 3.63) is 46.8 Å². The van der Waals surface area contributed by atoms with E-state index in [0.29, 0.717) is 12.1 Å². The van der Waals surface area contributed by atoms with Crippen molar-refractivity contribution in [3.63, 3.8) is 0 Å². The SMILES string of the molecule is Cc1ccc(C)c(NC(=O)c2cc(C)n(C3CCS(=O)(=O)C3)n2)c1. The predicted molar refractivity (Wildman–Crippen MR) is 93.1 cm³/mol. The van der Waals surface area contributed by atoms with Crippen LogP contribution in [0.15, 0.2) is 24.3 Å². The lowest BCUT2D eigenvalue weighted by Crippen LogP contribution is -2.17. The van der Waals surface area contributed by atoms with Gasteiger partial charge in [-0.05, 0) is 50.5 Å². The van der Waals surface area contributed by atoms with Crippen molar-refractivity contribution in [3.8, 4) is 0 Å². The Labute approximate surface area is 141 Å². The average Bonchev–Trinajstić information content (AvgIpc) is 3.05. The molecule has 0 radical (unpaired) electrons. The summed E-state index contributed by atoms with van der Waals surface area (Å²) in [4.78, 5) is 12.5. The van der Waals surface area contributed by atoms with Gasteiger partial charge in [0.2, 0.25) is 0 Å². The second-order valence-electron chi connectivity index (χ2n) is 6.44. The number of carbonyl (C=O) groups excluding carboxylic acids is 1. The minimum atomic E-state index is -2.99.